The van der Waals surface area contributed by atoms with E-state index in [9.17, 15) is 10.1 Å². The molecular weight excluding hydrogens is 304 g/mol. The molecule has 0 unspecified atom stereocenters. The maximum Gasteiger partial charge on any atom is 0.266 e. The standard InChI is InChI=1S/C19H18N2O3/c1-13-9-18(24-3)14(11-17(13)23-2)10-15(12-20)19(22)21-16-7-5-4-6-8-16/h4-11H,1-3H3,(H,21,22)/b15-10+. The largest absolute Gasteiger partial charge is 0.496 e. The third-order valence-electron chi connectivity index (χ3n) is 3.44. The summed E-state index contributed by atoms with van der Waals surface area (Å²) >= 11 is 0. The van der Waals surface area contributed by atoms with Gasteiger partial charge >= 0.3 is 0 Å². The maximum absolute atomic E-state index is 12.3. The summed E-state index contributed by atoms with van der Waals surface area (Å²) in [5.74, 6) is 0.738. The van der Waals surface area contributed by atoms with Gasteiger partial charge in [0.05, 0.1) is 14.2 Å². The second-order valence-corrected chi connectivity index (χ2v) is 5.05. The van der Waals surface area contributed by atoms with Gasteiger partial charge in [0.25, 0.3) is 5.91 Å². The minimum absolute atomic E-state index is 0.0249. The van der Waals surface area contributed by atoms with Crippen molar-refractivity contribution in [3.8, 4) is 17.6 Å². The van der Waals surface area contributed by atoms with E-state index in [0.717, 1.165) is 5.56 Å². The number of carbonyl (C=O) groups is 1. The van der Waals surface area contributed by atoms with Gasteiger partial charge in [-0.05, 0) is 42.8 Å². The van der Waals surface area contributed by atoms with E-state index in [1.54, 1.807) is 43.5 Å². The number of amides is 1. The predicted molar refractivity (Wildman–Crippen MR) is 92.9 cm³/mol. The van der Waals surface area contributed by atoms with E-state index < -0.39 is 5.91 Å². The lowest BCUT2D eigenvalue weighted by molar-refractivity contribution is -0.112. The fraction of sp³-hybridized carbons (Fsp3) is 0.158. The lowest BCUT2D eigenvalue weighted by Crippen LogP contribution is -2.13. The zero-order valence-corrected chi connectivity index (χ0v) is 13.8. The van der Waals surface area contributed by atoms with E-state index in [1.807, 2.05) is 19.1 Å². The number of hydrogen-bond acceptors (Lipinski definition) is 4. The summed E-state index contributed by atoms with van der Waals surface area (Å²) in [5, 5.41) is 12.0. The minimum atomic E-state index is -0.481. The molecule has 122 valence electrons. The summed E-state index contributed by atoms with van der Waals surface area (Å²) in [6.07, 6.45) is 1.49. The second-order valence-electron chi connectivity index (χ2n) is 5.05. The van der Waals surface area contributed by atoms with Crippen LogP contribution in [0.25, 0.3) is 6.08 Å². The summed E-state index contributed by atoms with van der Waals surface area (Å²) < 4.78 is 10.6. The molecule has 5 nitrogen and oxygen atoms in total. The Hall–Kier alpha value is -3.26. The maximum atomic E-state index is 12.3. The lowest BCUT2D eigenvalue weighted by Gasteiger charge is -2.11. The Morgan fingerprint density at radius 1 is 1.12 bits per heavy atom. The molecule has 0 saturated heterocycles. The first-order valence-corrected chi connectivity index (χ1v) is 7.30. The number of rotatable bonds is 5. The van der Waals surface area contributed by atoms with E-state index in [0.29, 0.717) is 22.7 Å². The Kier molecular flexibility index (Phi) is 5.58. The number of ether oxygens (including phenoxy) is 2. The summed E-state index contributed by atoms with van der Waals surface area (Å²) in [4.78, 5) is 12.3. The van der Waals surface area contributed by atoms with Crippen LogP contribution in [0.1, 0.15) is 11.1 Å². The third-order valence-corrected chi connectivity index (χ3v) is 3.44. The summed E-state index contributed by atoms with van der Waals surface area (Å²) in [6.45, 7) is 1.89. The number of benzene rings is 2. The third kappa shape index (κ3) is 3.93. The first-order valence-electron chi connectivity index (χ1n) is 7.30. The van der Waals surface area contributed by atoms with Crippen molar-refractivity contribution in [1.29, 1.82) is 5.26 Å². The number of aryl methyl sites for hydroxylation is 1. The molecule has 5 heteroatoms. The number of methoxy groups -OCH3 is 2. The van der Waals surface area contributed by atoms with Crippen molar-refractivity contribution in [1.82, 2.24) is 0 Å². The van der Waals surface area contributed by atoms with E-state index in [-0.39, 0.29) is 5.57 Å². The van der Waals surface area contributed by atoms with Crippen LogP contribution < -0.4 is 14.8 Å². The fourth-order valence-corrected chi connectivity index (χ4v) is 2.21. The monoisotopic (exact) mass is 322 g/mol. The van der Waals surface area contributed by atoms with Gasteiger partial charge in [0.15, 0.2) is 0 Å². The van der Waals surface area contributed by atoms with Crippen molar-refractivity contribution < 1.29 is 14.3 Å². The Labute approximate surface area is 141 Å². The number of anilines is 1. The van der Waals surface area contributed by atoms with Gasteiger partial charge in [-0.1, -0.05) is 18.2 Å². The molecule has 0 aromatic heterocycles. The molecule has 0 heterocycles. The molecule has 0 bridgehead atoms. The zero-order valence-electron chi connectivity index (χ0n) is 13.8. The second kappa shape index (κ2) is 7.84. The number of para-hydroxylation sites is 1. The fourth-order valence-electron chi connectivity index (χ4n) is 2.21. The highest BCUT2D eigenvalue weighted by atomic mass is 16.5. The van der Waals surface area contributed by atoms with E-state index in [2.05, 4.69) is 5.32 Å². The van der Waals surface area contributed by atoms with Gasteiger partial charge < -0.3 is 14.8 Å². The van der Waals surface area contributed by atoms with Crippen LogP contribution in [0.3, 0.4) is 0 Å². The molecule has 0 radical (unpaired) electrons. The molecule has 1 amide bonds. The van der Waals surface area contributed by atoms with Gasteiger partial charge in [-0.3, -0.25) is 4.79 Å². The smallest absolute Gasteiger partial charge is 0.266 e. The van der Waals surface area contributed by atoms with Crippen molar-refractivity contribution in [2.75, 3.05) is 19.5 Å². The number of nitrogens with zero attached hydrogens (tertiary/aromatic N) is 1. The quantitative estimate of drug-likeness (QED) is 0.675. The number of nitrogens with one attached hydrogen (secondary N) is 1. The molecule has 2 rings (SSSR count). The summed E-state index contributed by atoms with van der Waals surface area (Å²) in [6, 6.07) is 14.4. The normalized spacial score (nSPS) is 10.7. The highest BCUT2D eigenvalue weighted by Gasteiger charge is 2.13. The predicted octanol–water partition coefficient (Wildman–Crippen LogP) is 3.56. The van der Waals surface area contributed by atoms with Crippen LogP contribution in [0.5, 0.6) is 11.5 Å². The van der Waals surface area contributed by atoms with Gasteiger partial charge in [-0.25, -0.2) is 0 Å². The van der Waals surface area contributed by atoms with Crippen LogP contribution in [0.15, 0.2) is 48.0 Å². The average Bonchev–Trinajstić information content (AvgIpc) is 2.60. The van der Waals surface area contributed by atoms with E-state index in [4.69, 9.17) is 9.47 Å². The topological polar surface area (TPSA) is 71.3 Å². The van der Waals surface area contributed by atoms with Crippen LogP contribution in [0.4, 0.5) is 5.69 Å². The van der Waals surface area contributed by atoms with Crippen LogP contribution in [0, 0.1) is 18.3 Å². The van der Waals surface area contributed by atoms with Crippen molar-refractivity contribution in [3.63, 3.8) is 0 Å². The van der Waals surface area contributed by atoms with E-state index >= 15 is 0 Å². The molecule has 1 N–H and O–H groups in total. The van der Waals surface area contributed by atoms with Crippen LogP contribution in [-0.4, -0.2) is 20.1 Å². The van der Waals surface area contributed by atoms with Crippen LogP contribution >= 0.6 is 0 Å². The van der Waals surface area contributed by atoms with Crippen LogP contribution in [0.2, 0.25) is 0 Å². The molecular formula is C19H18N2O3. The van der Waals surface area contributed by atoms with Gasteiger partial charge in [-0.15, -0.1) is 0 Å². The molecule has 0 fully saturated rings. The first-order chi connectivity index (χ1) is 11.6. The first kappa shape index (κ1) is 17.1. The van der Waals surface area contributed by atoms with Crippen molar-refractivity contribution >= 4 is 17.7 Å². The van der Waals surface area contributed by atoms with Crippen molar-refractivity contribution in [2.24, 2.45) is 0 Å². The molecule has 2 aromatic rings. The molecule has 0 aliphatic carbocycles. The average molecular weight is 322 g/mol. The van der Waals surface area contributed by atoms with Gasteiger partial charge in [0.1, 0.15) is 23.1 Å². The van der Waals surface area contributed by atoms with Gasteiger partial charge in [0, 0.05) is 11.3 Å². The van der Waals surface area contributed by atoms with Gasteiger partial charge in [0.2, 0.25) is 0 Å². The Morgan fingerprint density at radius 2 is 1.79 bits per heavy atom. The van der Waals surface area contributed by atoms with Crippen molar-refractivity contribution in [3.05, 3.63) is 59.2 Å². The highest BCUT2D eigenvalue weighted by molar-refractivity contribution is 6.09. The summed E-state index contributed by atoms with van der Waals surface area (Å²) in [7, 11) is 3.10. The van der Waals surface area contributed by atoms with Crippen molar-refractivity contribution in [2.45, 2.75) is 6.92 Å². The molecule has 0 aliphatic heterocycles. The Morgan fingerprint density at radius 3 is 2.38 bits per heavy atom. The molecule has 24 heavy (non-hydrogen) atoms. The minimum Gasteiger partial charge on any atom is -0.496 e. The molecule has 0 aliphatic rings. The van der Waals surface area contributed by atoms with Gasteiger partial charge in [-0.2, -0.15) is 5.26 Å². The zero-order chi connectivity index (χ0) is 17.5. The molecule has 2 aromatic carbocycles. The Balaban J connectivity index is 2.36. The van der Waals surface area contributed by atoms with Crippen LogP contribution in [-0.2, 0) is 4.79 Å². The van der Waals surface area contributed by atoms with E-state index in [1.165, 1.54) is 13.2 Å². The number of nitriles is 1. The molecule has 0 spiro atoms. The summed E-state index contributed by atoms with van der Waals surface area (Å²) in [5.41, 5.74) is 2.10. The number of carbonyl (C=O) groups excluding carboxylic acids is 1. The SMILES string of the molecule is COc1cc(/C=C(\C#N)C(=O)Nc2ccccc2)c(OC)cc1C. The molecule has 0 saturated carbocycles. The Bertz CT molecular complexity index is 805. The lowest BCUT2D eigenvalue weighted by atomic mass is 10.1. The molecule has 0 atom stereocenters. The highest BCUT2D eigenvalue weighted by Crippen LogP contribution is 2.30. The number of hydrogen-bond donors (Lipinski definition) is 1.